The molecule has 0 fully saturated rings. The minimum atomic E-state index is -0.0295. The third kappa shape index (κ3) is 1.99. The van der Waals surface area contributed by atoms with Gasteiger partial charge in [-0.1, -0.05) is 17.7 Å². The van der Waals surface area contributed by atoms with E-state index in [0.29, 0.717) is 11.7 Å². The highest BCUT2D eigenvalue weighted by Gasteiger charge is 2.24. The van der Waals surface area contributed by atoms with Crippen LogP contribution in [0.4, 0.5) is 5.95 Å². The van der Waals surface area contributed by atoms with Gasteiger partial charge in [-0.25, -0.2) is 8.97 Å². The standard InChI is InChI=1S/C18H17N5OS/c1-10-6-8-11(9-7-10)22-15(24)14-12-4-2-3-5-13(12)25-16(14)23-17(19)20-21-18(22)23/h6-9H,2-5H2,1H3,(H2,19,20). The Hall–Kier alpha value is -2.67. The summed E-state index contributed by atoms with van der Waals surface area (Å²) in [7, 11) is 0. The van der Waals surface area contributed by atoms with Crippen LogP contribution in [0, 0.1) is 6.92 Å². The number of hydrogen-bond donors (Lipinski definition) is 1. The van der Waals surface area contributed by atoms with Crippen LogP contribution in [-0.4, -0.2) is 19.2 Å². The van der Waals surface area contributed by atoms with Crippen molar-refractivity contribution in [3.8, 4) is 5.69 Å². The Labute approximate surface area is 147 Å². The molecule has 25 heavy (non-hydrogen) atoms. The van der Waals surface area contributed by atoms with Crippen LogP contribution in [0.3, 0.4) is 0 Å². The first-order valence-corrected chi connectivity index (χ1v) is 9.23. The highest BCUT2D eigenvalue weighted by atomic mass is 32.1. The summed E-state index contributed by atoms with van der Waals surface area (Å²) in [5.41, 5.74) is 9.18. The van der Waals surface area contributed by atoms with Gasteiger partial charge >= 0.3 is 0 Å². The van der Waals surface area contributed by atoms with Gasteiger partial charge in [0.25, 0.3) is 5.56 Å². The van der Waals surface area contributed by atoms with Gasteiger partial charge in [0.15, 0.2) is 0 Å². The van der Waals surface area contributed by atoms with Gasteiger partial charge < -0.3 is 5.73 Å². The second-order valence-electron chi connectivity index (χ2n) is 6.56. The van der Waals surface area contributed by atoms with E-state index in [1.165, 1.54) is 16.9 Å². The third-order valence-electron chi connectivity index (χ3n) is 4.94. The Balaban J connectivity index is 1.98. The number of thiophene rings is 1. The lowest BCUT2D eigenvalue weighted by Gasteiger charge is -2.11. The maximum absolute atomic E-state index is 13.4. The van der Waals surface area contributed by atoms with Crippen molar-refractivity contribution in [2.24, 2.45) is 0 Å². The Morgan fingerprint density at radius 2 is 1.88 bits per heavy atom. The summed E-state index contributed by atoms with van der Waals surface area (Å²) < 4.78 is 3.45. The number of hydrogen-bond acceptors (Lipinski definition) is 5. The van der Waals surface area contributed by atoms with E-state index in [9.17, 15) is 4.79 Å². The van der Waals surface area contributed by atoms with Crippen LogP contribution < -0.4 is 11.3 Å². The second kappa shape index (κ2) is 5.16. The molecular weight excluding hydrogens is 334 g/mol. The zero-order valence-corrected chi connectivity index (χ0v) is 14.6. The smallest absolute Gasteiger partial charge is 0.268 e. The molecule has 0 bridgehead atoms. The number of nitrogens with two attached hydrogens (primary N) is 1. The van der Waals surface area contributed by atoms with Gasteiger partial charge in [-0.3, -0.25) is 4.79 Å². The van der Waals surface area contributed by atoms with Gasteiger partial charge in [0.1, 0.15) is 4.83 Å². The summed E-state index contributed by atoms with van der Waals surface area (Å²) >= 11 is 1.66. The second-order valence-corrected chi connectivity index (χ2v) is 7.64. The van der Waals surface area contributed by atoms with E-state index >= 15 is 0 Å². The third-order valence-corrected chi connectivity index (χ3v) is 6.21. The topological polar surface area (TPSA) is 78.2 Å². The lowest BCUT2D eigenvalue weighted by molar-refractivity contribution is 0.699. The highest BCUT2D eigenvalue weighted by molar-refractivity contribution is 7.19. The van der Waals surface area contributed by atoms with E-state index < -0.39 is 0 Å². The highest BCUT2D eigenvalue weighted by Crippen LogP contribution is 2.35. The van der Waals surface area contributed by atoms with Crippen molar-refractivity contribution in [3.05, 3.63) is 50.6 Å². The van der Waals surface area contributed by atoms with Gasteiger partial charge in [-0.2, -0.15) is 0 Å². The van der Waals surface area contributed by atoms with Gasteiger partial charge in [-0.05, 0) is 50.3 Å². The number of aryl methyl sites for hydroxylation is 3. The molecule has 2 N–H and O–H groups in total. The fourth-order valence-electron chi connectivity index (χ4n) is 3.69. The molecule has 7 heteroatoms. The Kier molecular flexibility index (Phi) is 3.03. The fraction of sp³-hybridized carbons (Fsp3) is 0.278. The molecule has 0 saturated heterocycles. The minimum absolute atomic E-state index is 0.0295. The van der Waals surface area contributed by atoms with Crippen LogP contribution in [0.5, 0.6) is 0 Å². The molecule has 1 aromatic carbocycles. The van der Waals surface area contributed by atoms with E-state index in [1.807, 2.05) is 35.6 Å². The van der Waals surface area contributed by atoms with E-state index in [2.05, 4.69) is 10.2 Å². The zero-order valence-electron chi connectivity index (χ0n) is 13.8. The molecule has 0 radical (unpaired) electrons. The summed E-state index contributed by atoms with van der Waals surface area (Å²) in [4.78, 5) is 15.6. The van der Waals surface area contributed by atoms with E-state index in [4.69, 9.17) is 5.73 Å². The lowest BCUT2D eigenvalue weighted by Crippen LogP contribution is -2.22. The molecular formula is C18H17N5OS. The molecule has 0 saturated carbocycles. The van der Waals surface area contributed by atoms with Crippen LogP contribution in [0.15, 0.2) is 29.1 Å². The Morgan fingerprint density at radius 3 is 2.68 bits per heavy atom. The molecule has 6 nitrogen and oxygen atoms in total. The first kappa shape index (κ1) is 14.7. The van der Waals surface area contributed by atoms with Crippen LogP contribution >= 0.6 is 11.3 Å². The SMILES string of the molecule is Cc1ccc(-n2c(=O)c3c4c(sc3n3c(N)nnc23)CCCC4)cc1. The molecule has 1 aliphatic rings. The van der Waals surface area contributed by atoms with Gasteiger partial charge in [0, 0.05) is 4.88 Å². The average Bonchev–Trinajstić information content (AvgIpc) is 3.17. The van der Waals surface area contributed by atoms with Crippen molar-refractivity contribution in [1.29, 1.82) is 0 Å². The van der Waals surface area contributed by atoms with Crippen molar-refractivity contribution < 1.29 is 0 Å². The Morgan fingerprint density at radius 1 is 1.12 bits per heavy atom. The van der Waals surface area contributed by atoms with E-state index in [-0.39, 0.29) is 5.56 Å². The van der Waals surface area contributed by atoms with Crippen LogP contribution in [0.25, 0.3) is 21.7 Å². The number of nitrogen functional groups attached to an aromatic ring is 1. The van der Waals surface area contributed by atoms with Crippen LogP contribution in [0.2, 0.25) is 0 Å². The van der Waals surface area contributed by atoms with E-state index in [0.717, 1.165) is 40.7 Å². The number of aromatic nitrogens is 4. The van der Waals surface area contributed by atoms with Gasteiger partial charge in [0.2, 0.25) is 11.7 Å². The largest absolute Gasteiger partial charge is 0.368 e. The molecule has 126 valence electrons. The molecule has 0 unspecified atom stereocenters. The van der Waals surface area contributed by atoms with Crippen molar-refractivity contribution in [2.75, 3.05) is 5.73 Å². The Bertz CT molecular complexity index is 1180. The summed E-state index contributed by atoms with van der Waals surface area (Å²) in [5.74, 6) is 0.789. The van der Waals surface area contributed by atoms with Crippen LogP contribution in [0.1, 0.15) is 28.8 Å². The average molecular weight is 351 g/mol. The predicted octanol–water partition coefficient (Wildman–Crippen LogP) is 2.86. The number of rotatable bonds is 1. The fourth-order valence-corrected chi connectivity index (χ4v) is 5.07. The molecule has 0 atom stereocenters. The molecule has 3 heterocycles. The maximum Gasteiger partial charge on any atom is 0.268 e. The van der Waals surface area contributed by atoms with Crippen LogP contribution in [-0.2, 0) is 12.8 Å². The first-order chi connectivity index (χ1) is 12.1. The maximum atomic E-state index is 13.4. The molecule has 0 aliphatic heterocycles. The quantitative estimate of drug-likeness (QED) is 0.572. The van der Waals surface area contributed by atoms with Gasteiger partial charge in [-0.15, -0.1) is 21.5 Å². The van der Waals surface area contributed by atoms with Crippen molar-refractivity contribution >= 4 is 33.3 Å². The summed E-state index contributed by atoms with van der Waals surface area (Å²) in [6.07, 6.45) is 4.28. The van der Waals surface area contributed by atoms with Crippen molar-refractivity contribution in [3.63, 3.8) is 0 Å². The van der Waals surface area contributed by atoms with Gasteiger partial charge in [0.05, 0.1) is 11.1 Å². The van der Waals surface area contributed by atoms with Crippen molar-refractivity contribution in [2.45, 2.75) is 32.6 Å². The van der Waals surface area contributed by atoms with Crippen molar-refractivity contribution in [1.82, 2.24) is 19.2 Å². The summed E-state index contributed by atoms with van der Waals surface area (Å²) in [6.45, 7) is 2.02. The van der Waals surface area contributed by atoms with E-state index in [1.54, 1.807) is 15.9 Å². The molecule has 0 spiro atoms. The minimum Gasteiger partial charge on any atom is -0.368 e. The summed E-state index contributed by atoms with van der Waals surface area (Å²) in [5, 5.41) is 9.00. The molecule has 4 aromatic rings. The zero-order chi connectivity index (χ0) is 17.1. The summed E-state index contributed by atoms with van der Waals surface area (Å²) in [6, 6.07) is 7.86. The normalized spacial score (nSPS) is 14.3. The monoisotopic (exact) mass is 351 g/mol. The molecule has 5 rings (SSSR count). The number of anilines is 1. The number of nitrogens with zero attached hydrogens (tertiary/aromatic N) is 4. The first-order valence-electron chi connectivity index (χ1n) is 8.42. The number of fused-ring (bicyclic) bond motifs is 5. The predicted molar refractivity (Wildman–Crippen MR) is 99.8 cm³/mol. The molecule has 1 aliphatic carbocycles. The number of benzene rings is 1. The molecule has 3 aromatic heterocycles. The lowest BCUT2D eigenvalue weighted by atomic mass is 9.97. The molecule has 0 amide bonds.